The molecule has 4 rings (SSSR count). The molecular weight excluding hydrogens is 424 g/mol. The lowest BCUT2D eigenvalue weighted by molar-refractivity contribution is 0.617. The van der Waals surface area contributed by atoms with Crippen molar-refractivity contribution in [2.24, 2.45) is 0 Å². The zero-order valence-electron chi connectivity index (χ0n) is 17.9. The molecule has 0 aliphatic heterocycles. The molecule has 0 radical (unpaired) electrons. The van der Waals surface area contributed by atoms with Crippen LogP contribution in [0.2, 0.25) is 5.02 Å². The first-order chi connectivity index (χ1) is 15.5. The van der Waals surface area contributed by atoms with E-state index in [1.807, 2.05) is 49.5 Å². The number of hydrogen-bond donors (Lipinski definition) is 0. The summed E-state index contributed by atoms with van der Waals surface area (Å²) in [6.07, 6.45) is 9.10. The Balaban J connectivity index is 1.52. The van der Waals surface area contributed by atoms with Crippen molar-refractivity contribution in [2.75, 3.05) is 0 Å². The van der Waals surface area contributed by atoms with Crippen molar-refractivity contribution >= 4 is 22.4 Å². The van der Waals surface area contributed by atoms with Crippen molar-refractivity contribution in [3.8, 4) is 11.3 Å². The summed E-state index contributed by atoms with van der Waals surface area (Å²) in [7, 11) is 0. The van der Waals surface area contributed by atoms with Gasteiger partial charge in [-0.2, -0.15) is 0 Å². The number of nitrogens with zero attached hydrogens (tertiary/aromatic N) is 1. The third-order valence-corrected chi connectivity index (χ3v) is 5.96. The molecule has 3 aromatic carbocycles. The van der Waals surface area contributed by atoms with E-state index >= 15 is 4.39 Å². The number of fused-ring (bicyclic) bond motifs is 1. The molecule has 0 unspecified atom stereocenters. The molecule has 162 valence electrons. The van der Waals surface area contributed by atoms with Gasteiger partial charge in [0.2, 0.25) is 0 Å². The maximum atomic E-state index is 15.1. The first-order valence-electron chi connectivity index (χ1n) is 10.8. The van der Waals surface area contributed by atoms with Crippen LogP contribution in [0.3, 0.4) is 0 Å². The van der Waals surface area contributed by atoms with Crippen molar-refractivity contribution < 1.29 is 8.78 Å². The van der Waals surface area contributed by atoms with E-state index in [2.05, 4.69) is 23.2 Å². The second kappa shape index (κ2) is 10.1. The minimum absolute atomic E-state index is 0.0965. The van der Waals surface area contributed by atoms with Crippen LogP contribution in [0.25, 0.3) is 22.0 Å². The molecule has 0 atom stereocenters. The van der Waals surface area contributed by atoms with E-state index in [1.54, 1.807) is 6.07 Å². The second-order valence-electron chi connectivity index (χ2n) is 7.88. The molecule has 0 aliphatic rings. The van der Waals surface area contributed by atoms with Crippen molar-refractivity contribution in [3.05, 3.63) is 112 Å². The fraction of sp³-hybridized carbons (Fsp3) is 0.179. The number of halogens is 3. The van der Waals surface area contributed by atoms with Crippen LogP contribution in [0, 0.1) is 11.6 Å². The average Bonchev–Trinajstić information content (AvgIpc) is 2.81. The topological polar surface area (TPSA) is 12.9 Å². The first kappa shape index (κ1) is 22.2. The van der Waals surface area contributed by atoms with E-state index in [-0.39, 0.29) is 10.8 Å². The van der Waals surface area contributed by atoms with Crippen molar-refractivity contribution in [1.29, 1.82) is 0 Å². The summed E-state index contributed by atoms with van der Waals surface area (Å²) in [5.41, 5.74) is 4.44. The van der Waals surface area contributed by atoms with Gasteiger partial charge in [-0.3, -0.25) is 4.98 Å². The van der Waals surface area contributed by atoms with Gasteiger partial charge in [-0.15, -0.1) is 0 Å². The van der Waals surface area contributed by atoms with Crippen molar-refractivity contribution in [3.63, 3.8) is 0 Å². The minimum Gasteiger partial charge on any atom is -0.256 e. The van der Waals surface area contributed by atoms with E-state index in [1.165, 1.54) is 17.7 Å². The molecule has 0 saturated heterocycles. The van der Waals surface area contributed by atoms with Gasteiger partial charge in [-0.05, 0) is 78.9 Å². The number of hydrogen-bond acceptors (Lipinski definition) is 1. The maximum Gasteiger partial charge on any atom is 0.142 e. The van der Waals surface area contributed by atoms with Crippen LogP contribution < -0.4 is 0 Å². The summed E-state index contributed by atoms with van der Waals surface area (Å²) < 4.78 is 28.8. The quantitative estimate of drug-likeness (QED) is 0.260. The molecule has 0 aliphatic carbocycles. The third-order valence-electron chi connectivity index (χ3n) is 5.66. The Hall–Kier alpha value is -3.04. The minimum atomic E-state index is -0.449. The average molecular weight is 448 g/mol. The van der Waals surface area contributed by atoms with Gasteiger partial charge < -0.3 is 0 Å². The summed E-state index contributed by atoms with van der Waals surface area (Å²) >= 11 is 5.74. The Morgan fingerprint density at radius 3 is 2.47 bits per heavy atom. The maximum absolute atomic E-state index is 15.1. The lowest BCUT2D eigenvalue weighted by Crippen LogP contribution is -1.97. The van der Waals surface area contributed by atoms with Gasteiger partial charge in [-0.1, -0.05) is 60.2 Å². The monoisotopic (exact) mass is 447 g/mol. The number of allylic oxidation sites excluding steroid dienone is 2. The Kier molecular flexibility index (Phi) is 6.96. The molecule has 0 fully saturated rings. The fourth-order valence-corrected chi connectivity index (χ4v) is 3.94. The summed E-state index contributed by atoms with van der Waals surface area (Å²) in [6, 6.07) is 18.3. The molecule has 0 bridgehead atoms. The zero-order valence-corrected chi connectivity index (χ0v) is 18.7. The lowest BCUT2D eigenvalue weighted by Gasteiger charge is -2.09. The Morgan fingerprint density at radius 1 is 0.875 bits per heavy atom. The molecule has 0 amide bonds. The van der Waals surface area contributed by atoms with Crippen LogP contribution >= 0.6 is 11.6 Å². The summed E-state index contributed by atoms with van der Waals surface area (Å²) in [6.45, 7) is 2.02. The molecule has 4 aromatic rings. The molecule has 1 aromatic heterocycles. The van der Waals surface area contributed by atoms with Crippen LogP contribution in [0.1, 0.15) is 30.0 Å². The Labute approximate surface area is 192 Å². The van der Waals surface area contributed by atoms with E-state index in [9.17, 15) is 4.39 Å². The zero-order chi connectivity index (χ0) is 22.5. The number of rotatable bonds is 7. The molecular formula is C28H24ClF2N. The first-order valence-corrected chi connectivity index (χ1v) is 11.1. The van der Waals surface area contributed by atoms with E-state index < -0.39 is 5.82 Å². The molecule has 0 spiro atoms. The van der Waals surface area contributed by atoms with Crippen molar-refractivity contribution in [2.45, 2.75) is 32.6 Å². The number of aryl methyl sites for hydroxylation is 3. The van der Waals surface area contributed by atoms with Gasteiger partial charge in [0.1, 0.15) is 11.6 Å². The van der Waals surface area contributed by atoms with Crippen LogP contribution in [-0.2, 0) is 19.3 Å². The molecule has 32 heavy (non-hydrogen) atoms. The number of pyridine rings is 1. The van der Waals surface area contributed by atoms with E-state index in [0.29, 0.717) is 23.8 Å². The summed E-state index contributed by atoms with van der Waals surface area (Å²) in [5.74, 6) is -0.675. The highest BCUT2D eigenvalue weighted by Gasteiger charge is 2.10. The van der Waals surface area contributed by atoms with E-state index in [0.717, 1.165) is 35.0 Å². The smallest absolute Gasteiger partial charge is 0.142 e. The number of benzene rings is 3. The van der Waals surface area contributed by atoms with Gasteiger partial charge >= 0.3 is 0 Å². The van der Waals surface area contributed by atoms with Gasteiger partial charge in [0, 0.05) is 17.1 Å². The molecule has 0 saturated carbocycles. The highest BCUT2D eigenvalue weighted by atomic mass is 35.5. The van der Waals surface area contributed by atoms with E-state index in [4.69, 9.17) is 11.6 Å². The Morgan fingerprint density at radius 2 is 1.72 bits per heavy atom. The lowest BCUT2D eigenvalue weighted by atomic mass is 9.98. The highest BCUT2D eigenvalue weighted by molar-refractivity contribution is 6.30. The predicted octanol–water partition coefficient (Wildman–Crippen LogP) is 8.13. The van der Waals surface area contributed by atoms with Gasteiger partial charge in [-0.25, -0.2) is 8.78 Å². The highest BCUT2D eigenvalue weighted by Crippen LogP contribution is 2.28. The summed E-state index contributed by atoms with van der Waals surface area (Å²) in [5, 5.41) is 1.51. The molecule has 1 nitrogen and oxygen atoms in total. The molecule has 4 heteroatoms. The predicted molar refractivity (Wildman–Crippen MR) is 129 cm³/mol. The second-order valence-corrected chi connectivity index (χ2v) is 8.29. The SMILES string of the molecule is C/C=C/CCc1ccc(-c2ccc3c(F)c(CCc4ccc(Cl)c(F)c4)ccc3c2)nc1. The Bertz CT molecular complexity index is 1260. The normalized spacial score (nSPS) is 11.5. The van der Waals surface area contributed by atoms with Crippen LogP contribution in [-0.4, -0.2) is 4.98 Å². The van der Waals surface area contributed by atoms with Crippen LogP contribution in [0.4, 0.5) is 8.78 Å². The third kappa shape index (κ3) is 5.05. The van der Waals surface area contributed by atoms with Gasteiger partial charge in [0.25, 0.3) is 0 Å². The standard InChI is InChI=1S/C28H24ClF2N/c1-2-3-4-5-20-8-15-27(32-18-20)23-12-13-24-22(17-23)11-10-21(28(24)31)9-6-19-7-14-25(29)26(30)16-19/h2-3,7-8,10-18H,4-6,9H2,1H3/b3-2+. The van der Waals surface area contributed by atoms with Gasteiger partial charge in [0.05, 0.1) is 10.7 Å². The van der Waals surface area contributed by atoms with Crippen LogP contribution in [0.15, 0.2) is 79.0 Å². The summed E-state index contributed by atoms with van der Waals surface area (Å²) in [4.78, 5) is 4.59. The van der Waals surface area contributed by atoms with Crippen molar-refractivity contribution in [1.82, 2.24) is 4.98 Å². The fourth-order valence-electron chi connectivity index (χ4n) is 3.82. The molecule has 0 N–H and O–H groups in total. The van der Waals surface area contributed by atoms with Gasteiger partial charge in [0.15, 0.2) is 0 Å². The van der Waals surface area contributed by atoms with Crippen LogP contribution in [0.5, 0.6) is 0 Å². The largest absolute Gasteiger partial charge is 0.256 e. The number of aromatic nitrogens is 1. The molecule has 1 heterocycles.